The molecule has 1 unspecified atom stereocenters. The van der Waals surface area contributed by atoms with Crippen molar-refractivity contribution in [1.29, 1.82) is 0 Å². The maximum Gasteiger partial charge on any atom is 0.306 e. The molecule has 0 amide bonds. The van der Waals surface area contributed by atoms with Crippen LogP contribution in [0.2, 0.25) is 0 Å². The predicted octanol–water partition coefficient (Wildman–Crippen LogP) is 3.93. The Labute approximate surface area is 212 Å². The highest BCUT2D eigenvalue weighted by molar-refractivity contribution is 6.05. The van der Waals surface area contributed by atoms with E-state index >= 15 is 4.39 Å². The van der Waals surface area contributed by atoms with Crippen LogP contribution in [0.5, 0.6) is 0 Å². The molecule has 4 rings (SSSR count). The number of aliphatic imine (C=N–C) groups is 1. The molecule has 8 heteroatoms. The predicted molar refractivity (Wildman–Crippen MR) is 132 cm³/mol. The monoisotopic (exact) mass is 503 g/mol. The number of hydrogen-bond acceptors (Lipinski definition) is 7. The molecule has 0 aromatic heterocycles. The van der Waals surface area contributed by atoms with Gasteiger partial charge in [-0.05, 0) is 50.7 Å². The number of carbonyl (C=O) groups is 3. The van der Waals surface area contributed by atoms with Crippen molar-refractivity contribution in [1.82, 2.24) is 0 Å². The van der Waals surface area contributed by atoms with Crippen LogP contribution in [-0.2, 0) is 23.9 Å². The molecule has 4 aliphatic carbocycles. The summed E-state index contributed by atoms with van der Waals surface area (Å²) >= 11 is 0. The van der Waals surface area contributed by atoms with Crippen LogP contribution >= 0.6 is 0 Å². The van der Waals surface area contributed by atoms with E-state index in [-0.39, 0.29) is 25.2 Å². The molecular formula is C28H38FNO6. The van der Waals surface area contributed by atoms with Gasteiger partial charge in [-0.2, -0.15) is 0 Å². The van der Waals surface area contributed by atoms with Crippen molar-refractivity contribution in [3.05, 3.63) is 23.8 Å². The van der Waals surface area contributed by atoms with E-state index in [0.717, 1.165) is 11.3 Å². The normalized spacial score (nSPS) is 42.1. The molecule has 0 aromatic carbocycles. The summed E-state index contributed by atoms with van der Waals surface area (Å²) in [6.07, 6.45) is 6.04. The molecule has 3 saturated carbocycles. The molecule has 198 valence electrons. The van der Waals surface area contributed by atoms with Gasteiger partial charge in [0.05, 0.1) is 11.8 Å². The number of allylic oxidation sites excluding steroid dienone is 4. The quantitative estimate of drug-likeness (QED) is 0.551. The van der Waals surface area contributed by atoms with E-state index in [1.165, 1.54) is 0 Å². The first kappa shape index (κ1) is 26.7. The standard InChI is InChI=1S/C28H38FNO6/c1-6-24(33)35-15-23(32)27(36-25(34)7-2)16(3)12-19-20-9-8-17-13-18(30-5)10-11-26(17,4)28(20,29)22(31)14-21(19)27/h10-11,13,16,19-22,31H,6-9,12,14-15H2,1-5H3/b30-18+/t16-,19-,20-,21?,22-,26-,27+,28-/m0/s1. The number of fused-ring (bicyclic) bond motifs is 5. The van der Waals surface area contributed by atoms with Crippen LogP contribution in [0.1, 0.15) is 66.2 Å². The highest BCUT2D eigenvalue weighted by Crippen LogP contribution is 2.67. The molecular weight excluding hydrogens is 465 g/mol. The summed E-state index contributed by atoms with van der Waals surface area (Å²) in [5.41, 5.74) is -2.80. The molecule has 0 heterocycles. The number of alkyl halides is 1. The van der Waals surface area contributed by atoms with E-state index in [1.807, 2.05) is 32.1 Å². The van der Waals surface area contributed by atoms with E-state index in [9.17, 15) is 19.5 Å². The van der Waals surface area contributed by atoms with Crippen LogP contribution in [0.25, 0.3) is 0 Å². The van der Waals surface area contributed by atoms with Gasteiger partial charge in [-0.3, -0.25) is 19.4 Å². The summed E-state index contributed by atoms with van der Waals surface area (Å²) in [6, 6.07) is 0. The summed E-state index contributed by atoms with van der Waals surface area (Å²) < 4.78 is 28.4. The minimum Gasteiger partial charge on any atom is -0.457 e. The van der Waals surface area contributed by atoms with Gasteiger partial charge < -0.3 is 14.6 Å². The average molecular weight is 504 g/mol. The first-order valence-corrected chi connectivity index (χ1v) is 13.1. The Morgan fingerprint density at radius 2 is 1.86 bits per heavy atom. The molecule has 3 fully saturated rings. The van der Waals surface area contributed by atoms with Crippen LogP contribution in [0.15, 0.2) is 28.8 Å². The second kappa shape index (κ2) is 9.51. The zero-order valence-corrected chi connectivity index (χ0v) is 21.9. The topological polar surface area (TPSA) is 102 Å². The van der Waals surface area contributed by atoms with Gasteiger partial charge in [-0.1, -0.05) is 32.4 Å². The van der Waals surface area contributed by atoms with Crippen molar-refractivity contribution >= 4 is 23.4 Å². The lowest BCUT2D eigenvalue weighted by Crippen LogP contribution is -2.66. The van der Waals surface area contributed by atoms with Gasteiger partial charge >= 0.3 is 11.9 Å². The first-order valence-electron chi connectivity index (χ1n) is 13.1. The van der Waals surface area contributed by atoms with E-state index in [2.05, 4.69) is 4.99 Å². The van der Waals surface area contributed by atoms with Gasteiger partial charge in [0.15, 0.2) is 17.9 Å². The molecule has 1 N–H and O–H groups in total. The van der Waals surface area contributed by atoms with E-state index < -0.39 is 64.9 Å². The number of Topliss-reactive ketones (excluding diaryl/α,β-unsaturated/α-hetero) is 1. The summed E-state index contributed by atoms with van der Waals surface area (Å²) in [4.78, 5) is 42.2. The zero-order valence-electron chi connectivity index (χ0n) is 21.9. The molecule has 0 radical (unpaired) electrons. The van der Waals surface area contributed by atoms with Gasteiger partial charge in [0.25, 0.3) is 0 Å². The van der Waals surface area contributed by atoms with Crippen LogP contribution < -0.4 is 0 Å². The second-order valence-electron chi connectivity index (χ2n) is 11.0. The highest BCUT2D eigenvalue weighted by Gasteiger charge is 2.72. The molecule has 0 bridgehead atoms. The maximum atomic E-state index is 17.4. The van der Waals surface area contributed by atoms with Crippen LogP contribution in [0.4, 0.5) is 4.39 Å². The lowest BCUT2D eigenvalue weighted by molar-refractivity contribution is -0.203. The Bertz CT molecular complexity index is 1040. The van der Waals surface area contributed by atoms with Crippen LogP contribution in [-0.4, -0.2) is 59.6 Å². The summed E-state index contributed by atoms with van der Waals surface area (Å²) in [6.45, 7) is 6.46. The van der Waals surface area contributed by atoms with Crippen molar-refractivity contribution in [2.24, 2.45) is 34.1 Å². The zero-order chi connectivity index (χ0) is 26.5. The highest BCUT2D eigenvalue weighted by atomic mass is 19.1. The number of aliphatic hydroxyl groups is 1. The van der Waals surface area contributed by atoms with E-state index in [1.54, 1.807) is 20.9 Å². The molecule has 36 heavy (non-hydrogen) atoms. The number of nitrogens with zero attached hydrogens (tertiary/aromatic N) is 1. The third-order valence-corrected chi connectivity index (χ3v) is 9.46. The molecule has 7 nitrogen and oxygen atoms in total. The molecule has 0 spiro atoms. The van der Waals surface area contributed by atoms with E-state index in [0.29, 0.717) is 19.3 Å². The third kappa shape index (κ3) is 3.70. The van der Waals surface area contributed by atoms with Crippen molar-refractivity contribution in [2.45, 2.75) is 83.6 Å². The Balaban J connectivity index is 1.74. The van der Waals surface area contributed by atoms with Gasteiger partial charge in [0, 0.05) is 43.1 Å². The second-order valence-corrected chi connectivity index (χ2v) is 11.0. The van der Waals surface area contributed by atoms with Crippen LogP contribution in [0.3, 0.4) is 0 Å². The average Bonchev–Trinajstić information content (AvgIpc) is 3.14. The number of ether oxygens (including phenoxy) is 2. The summed E-state index contributed by atoms with van der Waals surface area (Å²) in [5, 5.41) is 11.5. The molecule has 8 atom stereocenters. The number of rotatable bonds is 6. The number of esters is 2. The Morgan fingerprint density at radius 1 is 1.17 bits per heavy atom. The summed E-state index contributed by atoms with van der Waals surface area (Å²) in [5.74, 6) is -3.30. The molecule has 0 aliphatic heterocycles. The van der Waals surface area contributed by atoms with Gasteiger partial charge in [0.1, 0.15) is 0 Å². The number of halogens is 1. The number of carbonyl (C=O) groups excluding carboxylic acids is 3. The Morgan fingerprint density at radius 3 is 2.50 bits per heavy atom. The fourth-order valence-electron chi connectivity index (χ4n) is 7.58. The van der Waals surface area contributed by atoms with Gasteiger partial charge in [0.2, 0.25) is 5.78 Å². The lowest BCUT2D eigenvalue weighted by Gasteiger charge is -2.60. The first-order chi connectivity index (χ1) is 17.0. The van der Waals surface area contributed by atoms with Crippen molar-refractivity contribution in [3.63, 3.8) is 0 Å². The van der Waals surface area contributed by atoms with Crippen molar-refractivity contribution in [3.8, 4) is 0 Å². The number of ketones is 1. The minimum absolute atomic E-state index is 0.0160. The van der Waals surface area contributed by atoms with Crippen molar-refractivity contribution in [2.75, 3.05) is 13.7 Å². The number of aliphatic hydroxyl groups excluding tert-OH is 1. The number of hydrogen-bond donors (Lipinski definition) is 1. The largest absolute Gasteiger partial charge is 0.457 e. The van der Waals surface area contributed by atoms with Gasteiger partial charge in [-0.15, -0.1) is 0 Å². The smallest absolute Gasteiger partial charge is 0.306 e. The Kier molecular flexibility index (Phi) is 7.05. The Hall–Kier alpha value is -2.35. The fraction of sp³-hybridized carbons (Fsp3) is 0.714. The minimum atomic E-state index is -1.93. The van der Waals surface area contributed by atoms with Gasteiger partial charge in [-0.25, -0.2) is 4.39 Å². The van der Waals surface area contributed by atoms with Crippen molar-refractivity contribution < 1.29 is 33.4 Å². The third-order valence-electron chi connectivity index (χ3n) is 9.46. The van der Waals surface area contributed by atoms with E-state index in [4.69, 9.17) is 9.47 Å². The SMILES string of the molecule is CCC(=O)OCC(=O)[C@]1(OC(=O)CC)C2C[C@H](O)[C@@]3(F)[C@@H](CCC4=C/C(=N/C)C=C[C@@]43C)[C@@H]2C[C@@H]1C. The molecule has 0 saturated heterocycles. The lowest BCUT2D eigenvalue weighted by atomic mass is 9.48. The fourth-order valence-corrected chi connectivity index (χ4v) is 7.58. The molecule has 0 aromatic rings. The maximum absolute atomic E-state index is 17.4. The van der Waals surface area contributed by atoms with Crippen LogP contribution in [0, 0.1) is 29.1 Å². The summed E-state index contributed by atoms with van der Waals surface area (Å²) in [7, 11) is 1.70. The molecule has 4 aliphatic rings.